The van der Waals surface area contributed by atoms with E-state index in [0.717, 1.165) is 24.3 Å². The average molecular weight is 447 g/mol. The van der Waals surface area contributed by atoms with Crippen molar-refractivity contribution >= 4 is 16.9 Å². The van der Waals surface area contributed by atoms with Gasteiger partial charge in [-0.1, -0.05) is 12.1 Å². The third-order valence-corrected chi connectivity index (χ3v) is 4.69. The Balaban J connectivity index is 1.96. The van der Waals surface area contributed by atoms with Crippen LogP contribution in [0.15, 0.2) is 36.4 Å². The fraction of sp³-hybridized carbons (Fsp3) is 0.250. The first kappa shape index (κ1) is 22.3. The number of aromatic hydroxyl groups is 1. The first-order valence-corrected chi connectivity index (χ1v) is 8.74. The molecule has 1 aromatic heterocycles. The van der Waals surface area contributed by atoms with Gasteiger partial charge in [0.1, 0.15) is 5.75 Å². The van der Waals surface area contributed by atoms with E-state index < -0.39 is 35.6 Å². The van der Waals surface area contributed by atoms with Crippen molar-refractivity contribution in [3.8, 4) is 11.5 Å². The maximum absolute atomic E-state index is 13.9. The summed E-state index contributed by atoms with van der Waals surface area (Å²) in [5, 5.41) is 19.1. The molecular weight excluding hydrogens is 432 g/mol. The second kappa shape index (κ2) is 7.71. The third kappa shape index (κ3) is 4.39. The van der Waals surface area contributed by atoms with Gasteiger partial charge in [-0.05, 0) is 36.2 Å². The number of halogens is 6. The van der Waals surface area contributed by atoms with Crippen LogP contribution in [-0.2, 0) is 17.8 Å². The number of phenolic OH excluding ortho intramolecular Hbond substituents is 1. The van der Waals surface area contributed by atoms with Crippen molar-refractivity contribution in [1.82, 2.24) is 4.57 Å². The lowest BCUT2D eigenvalue weighted by Gasteiger charge is -2.20. The van der Waals surface area contributed by atoms with Crippen LogP contribution in [0.2, 0.25) is 0 Å². The molecule has 5 nitrogen and oxygen atoms in total. The zero-order chi connectivity index (χ0) is 23.1. The molecule has 0 aliphatic carbocycles. The predicted molar refractivity (Wildman–Crippen MR) is 96.8 cm³/mol. The molecular formula is C20H15F6NO4. The van der Waals surface area contributed by atoms with E-state index in [4.69, 9.17) is 5.11 Å². The van der Waals surface area contributed by atoms with Crippen molar-refractivity contribution in [3.05, 3.63) is 59.0 Å². The van der Waals surface area contributed by atoms with Crippen LogP contribution < -0.4 is 4.74 Å². The highest BCUT2D eigenvalue weighted by Crippen LogP contribution is 2.37. The zero-order valence-electron chi connectivity index (χ0n) is 15.8. The summed E-state index contributed by atoms with van der Waals surface area (Å²) in [6.45, 7) is 1.62. The number of carboxylic acid groups (broad SMARTS) is 1. The topological polar surface area (TPSA) is 71.7 Å². The van der Waals surface area contributed by atoms with Gasteiger partial charge in [-0.3, -0.25) is 4.79 Å². The lowest BCUT2D eigenvalue weighted by molar-refractivity contribution is -0.360. The van der Waals surface area contributed by atoms with Crippen molar-refractivity contribution < 1.29 is 46.1 Å². The van der Waals surface area contributed by atoms with Crippen molar-refractivity contribution in [2.75, 3.05) is 0 Å². The minimum atomic E-state index is -5.87. The highest BCUT2D eigenvalue weighted by atomic mass is 19.4. The summed E-state index contributed by atoms with van der Waals surface area (Å²) in [7, 11) is 0. The number of fused-ring (bicyclic) bond motifs is 1. The molecule has 0 aliphatic rings. The summed E-state index contributed by atoms with van der Waals surface area (Å²) in [5.74, 6) is -3.42. The lowest BCUT2D eigenvalue weighted by atomic mass is 10.1. The maximum Gasteiger partial charge on any atom is 0.499 e. The average Bonchev–Trinajstić information content (AvgIpc) is 2.87. The fourth-order valence-corrected chi connectivity index (χ4v) is 3.18. The van der Waals surface area contributed by atoms with Crippen molar-refractivity contribution in [2.45, 2.75) is 32.2 Å². The Morgan fingerprint density at radius 2 is 1.71 bits per heavy atom. The van der Waals surface area contributed by atoms with Gasteiger partial charge in [0, 0.05) is 23.7 Å². The van der Waals surface area contributed by atoms with E-state index in [0.29, 0.717) is 22.2 Å². The smallest absolute Gasteiger partial charge is 0.499 e. The van der Waals surface area contributed by atoms with E-state index in [1.807, 2.05) is 0 Å². The number of benzene rings is 2. The van der Waals surface area contributed by atoms with Crippen molar-refractivity contribution in [1.29, 1.82) is 0 Å². The Hall–Kier alpha value is -3.37. The molecule has 0 aliphatic heterocycles. The molecule has 0 radical (unpaired) electrons. The molecule has 0 bridgehead atoms. The molecule has 31 heavy (non-hydrogen) atoms. The fourth-order valence-electron chi connectivity index (χ4n) is 3.18. The Morgan fingerprint density at radius 1 is 1.10 bits per heavy atom. The minimum absolute atomic E-state index is 0.0299. The largest absolute Gasteiger partial charge is 0.505 e. The number of hydrogen-bond acceptors (Lipinski definition) is 3. The predicted octanol–water partition coefficient (Wildman–Crippen LogP) is 5.00. The quantitative estimate of drug-likeness (QED) is 0.522. The van der Waals surface area contributed by atoms with Gasteiger partial charge in [0.25, 0.3) is 0 Å². The highest BCUT2D eigenvalue weighted by Gasteiger charge is 2.61. The van der Waals surface area contributed by atoms with Crippen LogP contribution in [0.25, 0.3) is 10.9 Å². The van der Waals surface area contributed by atoms with Gasteiger partial charge in [0.05, 0.1) is 11.9 Å². The summed E-state index contributed by atoms with van der Waals surface area (Å²) in [4.78, 5) is 11.2. The number of hydrogen-bond donors (Lipinski definition) is 2. The van der Waals surface area contributed by atoms with Gasteiger partial charge in [0.2, 0.25) is 0 Å². The lowest BCUT2D eigenvalue weighted by Crippen LogP contribution is -2.41. The minimum Gasteiger partial charge on any atom is -0.505 e. The van der Waals surface area contributed by atoms with Gasteiger partial charge in [-0.25, -0.2) is 4.39 Å². The van der Waals surface area contributed by atoms with Gasteiger partial charge < -0.3 is 19.5 Å². The number of aromatic nitrogens is 1. The Labute approximate surface area is 171 Å². The summed E-state index contributed by atoms with van der Waals surface area (Å²) in [6.07, 6.45) is -11.6. The first-order valence-electron chi connectivity index (χ1n) is 8.74. The molecule has 2 aromatic carbocycles. The first-order chi connectivity index (χ1) is 14.3. The number of carbonyl (C=O) groups is 1. The number of alkyl halides is 5. The standard InChI is InChI=1S/C20H15F6NO4/c1-10-13(7-18(29)30)14-6-17(28)15(21)8-16(14)27(10)9-11-2-4-12(5-3-11)31-20(25,26)19(22,23)24/h2-6,8,28H,7,9H2,1H3,(H,29,30). The number of aliphatic carboxylic acids is 1. The molecule has 0 amide bonds. The summed E-state index contributed by atoms with van der Waals surface area (Å²) in [5.41, 5.74) is 1.54. The third-order valence-electron chi connectivity index (χ3n) is 4.69. The zero-order valence-corrected chi connectivity index (χ0v) is 15.8. The van der Waals surface area contributed by atoms with Crippen molar-refractivity contribution in [2.24, 2.45) is 0 Å². The normalized spacial score (nSPS) is 12.4. The summed E-state index contributed by atoms with van der Waals surface area (Å²) in [6, 6.07) is 6.51. The number of carboxylic acids is 1. The Kier molecular flexibility index (Phi) is 5.55. The van der Waals surface area contributed by atoms with Crippen molar-refractivity contribution in [3.63, 3.8) is 0 Å². The van der Waals surface area contributed by atoms with Crippen LogP contribution in [0, 0.1) is 12.7 Å². The molecule has 0 fully saturated rings. The van der Waals surface area contributed by atoms with Crippen LogP contribution in [0.3, 0.4) is 0 Å². The molecule has 2 N–H and O–H groups in total. The van der Waals surface area contributed by atoms with Crippen LogP contribution in [0.4, 0.5) is 26.3 Å². The van der Waals surface area contributed by atoms with Crippen LogP contribution in [0.5, 0.6) is 11.5 Å². The summed E-state index contributed by atoms with van der Waals surface area (Å²) < 4.78 is 82.0. The SMILES string of the molecule is Cc1c(CC(=O)O)c2cc(O)c(F)cc2n1Cc1ccc(OC(F)(F)C(F)(F)F)cc1. The van der Waals surface area contributed by atoms with Gasteiger partial charge in [0.15, 0.2) is 11.6 Å². The number of rotatable bonds is 6. The molecule has 166 valence electrons. The molecule has 3 rings (SSSR count). The molecule has 0 spiro atoms. The Bertz CT molecular complexity index is 1140. The van der Waals surface area contributed by atoms with Gasteiger partial charge >= 0.3 is 18.3 Å². The molecule has 1 heterocycles. The maximum atomic E-state index is 13.9. The van der Waals surface area contributed by atoms with Crippen LogP contribution >= 0.6 is 0 Å². The van der Waals surface area contributed by atoms with E-state index >= 15 is 0 Å². The van der Waals surface area contributed by atoms with Crippen LogP contribution in [-0.4, -0.2) is 33.0 Å². The summed E-state index contributed by atoms with van der Waals surface area (Å²) >= 11 is 0. The Morgan fingerprint density at radius 3 is 2.26 bits per heavy atom. The van der Waals surface area contributed by atoms with E-state index in [9.17, 15) is 36.2 Å². The second-order valence-corrected chi connectivity index (χ2v) is 6.80. The molecule has 0 saturated carbocycles. The van der Waals surface area contributed by atoms with E-state index in [2.05, 4.69) is 4.74 Å². The number of phenols is 1. The van der Waals surface area contributed by atoms with Gasteiger partial charge in [-0.2, -0.15) is 22.0 Å². The molecule has 11 heteroatoms. The molecule has 3 aromatic rings. The van der Waals surface area contributed by atoms with E-state index in [-0.39, 0.29) is 18.5 Å². The number of ether oxygens (including phenoxy) is 1. The van der Waals surface area contributed by atoms with E-state index in [1.54, 1.807) is 11.5 Å². The van der Waals surface area contributed by atoms with Crippen LogP contribution in [0.1, 0.15) is 16.8 Å². The second-order valence-electron chi connectivity index (χ2n) is 6.80. The molecule has 0 saturated heterocycles. The van der Waals surface area contributed by atoms with Gasteiger partial charge in [-0.15, -0.1) is 0 Å². The molecule has 0 atom stereocenters. The monoisotopic (exact) mass is 447 g/mol. The highest BCUT2D eigenvalue weighted by molar-refractivity contribution is 5.90. The number of nitrogens with zero attached hydrogens (tertiary/aromatic N) is 1. The molecule has 0 unspecified atom stereocenters. The van der Waals surface area contributed by atoms with E-state index in [1.165, 1.54) is 12.1 Å².